The number of amides is 1. The standard InChI is InChI=1S/C24H22N4O/c29-24(27-20-7-3-5-14-4-1-2-6-17(14)20)15-9-11-21-19(12-15)18-10-8-16-13-25-28-22(16)23(18)26-21/h1-2,4,6,9,11-13,20,26H,3,5,7-8,10H2,(H,25,28)(H,27,29). The van der Waals surface area contributed by atoms with Gasteiger partial charge in [-0.2, -0.15) is 5.10 Å². The van der Waals surface area contributed by atoms with Gasteiger partial charge in [-0.25, -0.2) is 0 Å². The van der Waals surface area contributed by atoms with Gasteiger partial charge in [0.05, 0.1) is 23.6 Å². The number of H-pyrrole nitrogens is 2. The molecule has 2 aromatic heterocycles. The topological polar surface area (TPSA) is 73.6 Å². The van der Waals surface area contributed by atoms with Crippen LogP contribution < -0.4 is 5.32 Å². The highest BCUT2D eigenvalue weighted by Crippen LogP contribution is 2.36. The van der Waals surface area contributed by atoms with E-state index in [2.05, 4.69) is 44.8 Å². The number of aromatic nitrogens is 3. The number of nitrogens with one attached hydrogen (secondary N) is 3. The summed E-state index contributed by atoms with van der Waals surface area (Å²) in [6.45, 7) is 0. The van der Waals surface area contributed by atoms with Crippen molar-refractivity contribution in [3.63, 3.8) is 0 Å². The molecule has 0 saturated heterocycles. The monoisotopic (exact) mass is 382 g/mol. The summed E-state index contributed by atoms with van der Waals surface area (Å²) in [4.78, 5) is 16.6. The molecule has 0 aliphatic heterocycles. The van der Waals surface area contributed by atoms with Gasteiger partial charge in [-0.15, -0.1) is 0 Å². The molecule has 144 valence electrons. The third-order valence-corrected chi connectivity index (χ3v) is 6.46. The molecule has 0 bridgehead atoms. The van der Waals surface area contributed by atoms with E-state index in [4.69, 9.17) is 0 Å². The number of carbonyl (C=O) groups is 1. The first-order chi connectivity index (χ1) is 14.3. The first kappa shape index (κ1) is 16.6. The van der Waals surface area contributed by atoms with Crippen molar-refractivity contribution in [2.24, 2.45) is 0 Å². The first-order valence-corrected chi connectivity index (χ1v) is 10.3. The van der Waals surface area contributed by atoms with Gasteiger partial charge in [0.15, 0.2) is 0 Å². The molecule has 1 atom stereocenters. The van der Waals surface area contributed by atoms with E-state index in [1.807, 2.05) is 24.4 Å². The van der Waals surface area contributed by atoms with Gasteiger partial charge in [0.2, 0.25) is 0 Å². The molecule has 1 amide bonds. The van der Waals surface area contributed by atoms with Gasteiger partial charge in [-0.05, 0) is 72.6 Å². The van der Waals surface area contributed by atoms with Crippen molar-refractivity contribution in [1.82, 2.24) is 20.5 Å². The predicted octanol–water partition coefficient (Wildman–Crippen LogP) is 4.46. The number of fused-ring (bicyclic) bond motifs is 6. The molecular weight excluding hydrogens is 360 g/mol. The van der Waals surface area contributed by atoms with Gasteiger partial charge < -0.3 is 10.3 Å². The summed E-state index contributed by atoms with van der Waals surface area (Å²) in [5.41, 5.74) is 9.11. The Morgan fingerprint density at radius 3 is 2.93 bits per heavy atom. The third kappa shape index (κ3) is 2.61. The summed E-state index contributed by atoms with van der Waals surface area (Å²) in [7, 11) is 0. The molecule has 6 rings (SSSR count). The zero-order chi connectivity index (χ0) is 19.4. The minimum absolute atomic E-state index is 0.00147. The van der Waals surface area contributed by atoms with Crippen LogP contribution in [0.3, 0.4) is 0 Å². The van der Waals surface area contributed by atoms with Crippen LogP contribution in [0.5, 0.6) is 0 Å². The summed E-state index contributed by atoms with van der Waals surface area (Å²) in [6.07, 6.45) is 7.04. The van der Waals surface area contributed by atoms with Crippen LogP contribution in [0.2, 0.25) is 0 Å². The Labute approximate surface area is 168 Å². The Bertz CT molecular complexity index is 1250. The summed E-state index contributed by atoms with van der Waals surface area (Å²) in [5.74, 6) is 0.00147. The fourth-order valence-corrected chi connectivity index (χ4v) is 4.98. The number of benzene rings is 2. The van der Waals surface area contributed by atoms with Crippen LogP contribution in [-0.2, 0) is 19.3 Å². The van der Waals surface area contributed by atoms with Gasteiger partial charge in [-0.3, -0.25) is 9.89 Å². The number of hydrogen-bond acceptors (Lipinski definition) is 2. The number of nitrogens with zero attached hydrogens (tertiary/aromatic N) is 1. The Kier molecular flexibility index (Phi) is 3.63. The number of aromatic amines is 2. The number of carbonyl (C=O) groups excluding carboxylic acids is 1. The maximum atomic E-state index is 13.1. The van der Waals surface area contributed by atoms with Crippen molar-refractivity contribution in [3.05, 3.63) is 76.5 Å². The van der Waals surface area contributed by atoms with Gasteiger partial charge in [0.1, 0.15) is 0 Å². The molecule has 0 spiro atoms. The highest BCUT2D eigenvalue weighted by molar-refractivity contribution is 6.00. The molecule has 0 saturated carbocycles. The molecule has 3 N–H and O–H groups in total. The maximum absolute atomic E-state index is 13.1. The van der Waals surface area contributed by atoms with E-state index in [0.717, 1.165) is 60.0 Å². The summed E-state index contributed by atoms with van der Waals surface area (Å²) < 4.78 is 0. The zero-order valence-corrected chi connectivity index (χ0v) is 16.1. The second kappa shape index (κ2) is 6.34. The van der Waals surface area contributed by atoms with E-state index in [1.54, 1.807) is 0 Å². The fraction of sp³-hybridized carbons (Fsp3) is 0.250. The lowest BCUT2D eigenvalue weighted by atomic mass is 9.87. The molecule has 2 heterocycles. The number of hydrogen-bond donors (Lipinski definition) is 3. The molecule has 2 aliphatic carbocycles. The van der Waals surface area contributed by atoms with Crippen molar-refractivity contribution in [3.8, 4) is 11.4 Å². The predicted molar refractivity (Wildman–Crippen MR) is 113 cm³/mol. The molecule has 5 heteroatoms. The van der Waals surface area contributed by atoms with E-state index in [0.29, 0.717) is 0 Å². The fourth-order valence-electron chi connectivity index (χ4n) is 4.98. The first-order valence-electron chi connectivity index (χ1n) is 10.3. The quantitative estimate of drug-likeness (QED) is 0.479. The number of aryl methyl sites for hydroxylation is 3. The smallest absolute Gasteiger partial charge is 0.251 e. The molecule has 1 unspecified atom stereocenters. The van der Waals surface area contributed by atoms with Crippen LogP contribution in [0.4, 0.5) is 0 Å². The lowest BCUT2D eigenvalue weighted by molar-refractivity contribution is 0.0933. The van der Waals surface area contributed by atoms with Crippen LogP contribution >= 0.6 is 0 Å². The molecular formula is C24H22N4O. The van der Waals surface area contributed by atoms with Gasteiger partial charge in [0.25, 0.3) is 5.91 Å². The van der Waals surface area contributed by atoms with Crippen LogP contribution in [0, 0.1) is 0 Å². The lowest BCUT2D eigenvalue weighted by Crippen LogP contribution is -2.30. The number of rotatable bonds is 2. The van der Waals surface area contributed by atoms with E-state index >= 15 is 0 Å². The van der Waals surface area contributed by atoms with E-state index in [-0.39, 0.29) is 11.9 Å². The van der Waals surface area contributed by atoms with Gasteiger partial charge in [0, 0.05) is 16.5 Å². The van der Waals surface area contributed by atoms with Crippen molar-refractivity contribution < 1.29 is 4.79 Å². The molecule has 2 aliphatic rings. The molecule has 2 aromatic carbocycles. The minimum atomic E-state index is 0.00147. The van der Waals surface area contributed by atoms with Crippen LogP contribution in [0.15, 0.2) is 48.7 Å². The average Bonchev–Trinajstić information content (AvgIpc) is 3.37. The maximum Gasteiger partial charge on any atom is 0.251 e. The Balaban J connectivity index is 1.34. The van der Waals surface area contributed by atoms with Crippen LogP contribution in [0.25, 0.3) is 22.3 Å². The lowest BCUT2D eigenvalue weighted by Gasteiger charge is -2.26. The van der Waals surface area contributed by atoms with Crippen molar-refractivity contribution >= 4 is 16.8 Å². The van der Waals surface area contributed by atoms with Gasteiger partial charge >= 0.3 is 0 Å². The minimum Gasteiger partial charge on any atom is -0.353 e. The summed E-state index contributed by atoms with van der Waals surface area (Å²) in [6, 6.07) is 14.5. The highest BCUT2D eigenvalue weighted by atomic mass is 16.1. The van der Waals surface area contributed by atoms with E-state index in [9.17, 15) is 4.79 Å². The molecule has 0 fully saturated rings. The summed E-state index contributed by atoms with van der Waals surface area (Å²) in [5, 5.41) is 11.7. The molecule has 4 aromatic rings. The largest absolute Gasteiger partial charge is 0.353 e. The SMILES string of the molecule is O=C(NC1CCCc2ccccc21)c1ccc2[nH]c3c(c2c1)CCc1cn[nH]c1-3. The van der Waals surface area contributed by atoms with Gasteiger partial charge in [-0.1, -0.05) is 24.3 Å². The molecule has 0 radical (unpaired) electrons. The summed E-state index contributed by atoms with van der Waals surface area (Å²) >= 11 is 0. The second-order valence-electron chi connectivity index (χ2n) is 8.13. The van der Waals surface area contributed by atoms with Crippen LogP contribution in [0.1, 0.15) is 51.5 Å². The van der Waals surface area contributed by atoms with Crippen LogP contribution in [-0.4, -0.2) is 21.1 Å². The zero-order valence-electron chi connectivity index (χ0n) is 16.1. The van der Waals surface area contributed by atoms with Crippen molar-refractivity contribution in [1.29, 1.82) is 0 Å². The second-order valence-corrected chi connectivity index (χ2v) is 8.13. The Morgan fingerprint density at radius 2 is 1.97 bits per heavy atom. The average molecular weight is 382 g/mol. The Hall–Kier alpha value is -3.34. The van der Waals surface area contributed by atoms with Crippen molar-refractivity contribution in [2.75, 3.05) is 0 Å². The third-order valence-electron chi connectivity index (χ3n) is 6.46. The van der Waals surface area contributed by atoms with Crippen molar-refractivity contribution in [2.45, 2.75) is 38.1 Å². The van der Waals surface area contributed by atoms with E-state index in [1.165, 1.54) is 22.3 Å². The molecule has 5 nitrogen and oxygen atoms in total. The highest BCUT2D eigenvalue weighted by Gasteiger charge is 2.24. The molecule has 29 heavy (non-hydrogen) atoms. The normalized spacial score (nSPS) is 17.4. The van der Waals surface area contributed by atoms with E-state index < -0.39 is 0 Å². The Morgan fingerprint density at radius 1 is 1.03 bits per heavy atom.